The minimum absolute atomic E-state index is 0.451. The van der Waals surface area contributed by atoms with E-state index in [0.717, 1.165) is 29.7 Å². The summed E-state index contributed by atoms with van der Waals surface area (Å²) >= 11 is 0. The summed E-state index contributed by atoms with van der Waals surface area (Å²) in [7, 11) is 1.60. The number of fused-ring (bicyclic) bond motifs is 1. The summed E-state index contributed by atoms with van der Waals surface area (Å²) in [4.78, 5) is 2.52. The summed E-state index contributed by atoms with van der Waals surface area (Å²) in [5, 5.41) is 14.0. The fourth-order valence-corrected chi connectivity index (χ4v) is 3.88. The van der Waals surface area contributed by atoms with Gasteiger partial charge in [-0.05, 0) is 68.8 Å². The number of nitrogens with zero attached hydrogens (tertiary/aromatic N) is 2. The second-order valence-electron chi connectivity index (χ2n) is 7.59. The van der Waals surface area contributed by atoms with E-state index >= 15 is 0 Å². The lowest BCUT2D eigenvalue weighted by Crippen LogP contribution is -2.31. The van der Waals surface area contributed by atoms with Gasteiger partial charge in [-0.15, -0.1) is 0 Å². The third kappa shape index (κ3) is 4.76. The Morgan fingerprint density at radius 2 is 1.77 bits per heavy atom. The molecular weight excluding hydrogens is 380 g/mol. The maximum atomic E-state index is 9.42. The molecule has 0 spiro atoms. The van der Waals surface area contributed by atoms with Crippen LogP contribution in [0.1, 0.15) is 25.7 Å². The van der Waals surface area contributed by atoms with E-state index in [0.29, 0.717) is 29.1 Å². The maximum Gasteiger partial charge on any atom is 0.140 e. The van der Waals surface area contributed by atoms with Crippen LogP contribution in [0.2, 0.25) is 0 Å². The third-order valence-electron chi connectivity index (χ3n) is 5.54. The molecule has 1 N–H and O–H groups in total. The van der Waals surface area contributed by atoms with Crippen molar-refractivity contribution in [2.45, 2.75) is 25.7 Å². The first kappa shape index (κ1) is 20.3. The van der Waals surface area contributed by atoms with Crippen molar-refractivity contribution < 1.29 is 19.1 Å². The molecule has 158 valence electrons. The van der Waals surface area contributed by atoms with E-state index in [2.05, 4.69) is 10.1 Å². The van der Waals surface area contributed by atoms with Gasteiger partial charge >= 0.3 is 0 Å². The Hall–Kier alpha value is -2.99. The van der Waals surface area contributed by atoms with E-state index in [1.807, 2.05) is 36.4 Å². The Balaban J connectivity index is 1.43. The highest BCUT2D eigenvalue weighted by Gasteiger charge is 2.10. The zero-order valence-corrected chi connectivity index (χ0v) is 17.3. The fraction of sp³-hybridized carbons (Fsp3) is 0.375. The molecule has 0 saturated carbocycles. The fourth-order valence-electron chi connectivity index (χ4n) is 3.88. The molecule has 0 amide bonds. The molecule has 0 bridgehead atoms. The standard InChI is InChI=1S/C24H28N2O4/c1-28-20-10-11-21-22(25-27)17-23(30-24(21)16-20)18-6-8-19(9-7-18)29-15-5-14-26-12-3-2-4-13-26/h6-11,16-17,27H,2-5,12-15H2,1H3. The molecule has 0 atom stereocenters. The predicted molar refractivity (Wildman–Crippen MR) is 116 cm³/mol. The van der Waals surface area contributed by atoms with Crippen LogP contribution in [-0.4, -0.2) is 43.5 Å². The first-order valence-corrected chi connectivity index (χ1v) is 10.5. The number of methoxy groups -OCH3 is 1. The quantitative estimate of drug-likeness (QED) is 0.350. The van der Waals surface area contributed by atoms with Gasteiger partial charge in [0.05, 0.1) is 13.7 Å². The van der Waals surface area contributed by atoms with Gasteiger partial charge in [-0.3, -0.25) is 0 Å². The molecule has 1 aliphatic rings. The number of hydrogen-bond donors (Lipinski definition) is 1. The number of piperidine rings is 1. The highest BCUT2D eigenvalue weighted by atomic mass is 16.5. The summed E-state index contributed by atoms with van der Waals surface area (Å²) in [6.45, 7) is 4.25. The van der Waals surface area contributed by atoms with Gasteiger partial charge in [0.25, 0.3) is 0 Å². The number of hydrogen-bond acceptors (Lipinski definition) is 6. The van der Waals surface area contributed by atoms with Crippen LogP contribution in [0.5, 0.6) is 11.5 Å². The molecule has 6 nitrogen and oxygen atoms in total. The Bertz CT molecular complexity index is 1040. The predicted octanol–water partition coefficient (Wildman–Crippen LogP) is 4.65. The van der Waals surface area contributed by atoms with Gasteiger partial charge in [0, 0.05) is 29.6 Å². The van der Waals surface area contributed by atoms with Gasteiger partial charge in [-0.1, -0.05) is 11.6 Å². The molecule has 6 heteroatoms. The van der Waals surface area contributed by atoms with Crippen LogP contribution in [0.15, 0.2) is 58.1 Å². The Kier molecular flexibility index (Phi) is 6.54. The van der Waals surface area contributed by atoms with E-state index in [9.17, 15) is 5.21 Å². The van der Waals surface area contributed by atoms with Crippen molar-refractivity contribution in [3.05, 3.63) is 53.9 Å². The van der Waals surface area contributed by atoms with E-state index < -0.39 is 0 Å². The summed E-state index contributed by atoms with van der Waals surface area (Å²) in [5.41, 5.74) is 1.47. The lowest BCUT2D eigenvalue weighted by molar-refractivity contribution is 0.205. The number of ether oxygens (including phenoxy) is 2. The zero-order valence-electron chi connectivity index (χ0n) is 17.3. The minimum Gasteiger partial charge on any atom is -0.497 e. The van der Waals surface area contributed by atoms with Crippen LogP contribution in [0.3, 0.4) is 0 Å². The third-order valence-corrected chi connectivity index (χ3v) is 5.54. The molecule has 0 aliphatic carbocycles. The van der Waals surface area contributed by atoms with Gasteiger partial charge in [0.1, 0.15) is 28.2 Å². The van der Waals surface area contributed by atoms with Gasteiger partial charge in [-0.25, -0.2) is 0 Å². The number of rotatable bonds is 7. The van der Waals surface area contributed by atoms with Crippen molar-refractivity contribution in [3.8, 4) is 22.8 Å². The van der Waals surface area contributed by atoms with Gasteiger partial charge in [-0.2, -0.15) is 0 Å². The van der Waals surface area contributed by atoms with Crippen molar-refractivity contribution in [2.24, 2.45) is 5.16 Å². The van der Waals surface area contributed by atoms with Crippen LogP contribution in [0.4, 0.5) is 0 Å². The molecular formula is C24H28N2O4. The first-order valence-electron chi connectivity index (χ1n) is 10.5. The van der Waals surface area contributed by atoms with Crippen LogP contribution in [0, 0.1) is 0 Å². The molecule has 1 fully saturated rings. The molecule has 3 aromatic rings. The summed E-state index contributed by atoms with van der Waals surface area (Å²) in [5.74, 6) is 2.13. The summed E-state index contributed by atoms with van der Waals surface area (Å²) in [6, 6.07) is 14.9. The number of likely N-dealkylation sites (tertiary alicyclic amines) is 1. The monoisotopic (exact) mass is 408 g/mol. The van der Waals surface area contributed by atoms with E-state index in [4.69, 9.17) is 13.9 Å². The largest absolute Gasteiger partial charge is 0.497 e. The van der Waals surface area contributed by atoms with Gasteiger partial charge < -0.3 is 24.0 Å². The van der Waals surface area contributed by atoms with Crippen LogP contribution >= 0.6 is 0 Å². The average Bonchev–Trinajstić information content (AvgIpc) is 2.81. The zero-order chi connectivity index (χ0) is 20.8. The molecule has 30 heavy (non-hydrogen) atoms. The van der Waals surface area contributed by atoms with E-state index in [1.165, 1.54) is 32.4 Å². The SMILES string of the molecule is COc1ccc2c(=NO)cc(-c3ccc(OCCCN4CCCCC4)cc3)oc2c1. The summed E-state index contributed by atoms with van der Waals surface area (Å²) in [6.07, 6.45) is 5.04. The molecule has 2 aromatic carbocycles. The van der Waals surface area contributed by atoms with Gasteiger partial charge in [0.15, 0.2) is 0 Å². The van der Waals surface area contributed by atoms with E-state index in [1.54, 1.807) is 19.2 Å². The molecule has 0 unspecified atom stereocenters. The van der Waals surface area contributed by atoms with Crippen molar-refractivity contribution in [2.75, 3.05) is 33.4 Å². The first-order chi connectivity index (χ1) is 14.8. The molecule has 1 aromatic heterocycles. The average molecular weight is 408 g/mol. The normalized spacial score (nSPS) is 15.4. The second-order valence-corrected chi connectivity index (χ2v) is 7.59. The van der Waals surface area contributed by atoms with Crippen LogP contribution < -0.4 is 14.8 Å². The molecule has 0 radical (unpaired) electrons. The molecule has 1 aliphatic heterocycles. The van der Waals surface area contributed by atoms with Crippen LogP contribution in [0.25, 0.3) is 22.3 Å². The van der Waals surface area contributed by atoms with Crippen molar-refractivity contribution in [1.82, 2.24) is 4.90 Å². The maximum absolute atomic E-state index is 9.42. The van der Waals surface area contributed by atoms with Gasteiger partial charge in [0.2, 0.25) is 0 Å². The van der Waals surface area contributed by atoms with Crippen molar-refractivity contribution >= 4 is 11.0 Å². The molecule has 1 saturated heterocycles. The van der Waals surface area contributed by atoms with Crippen LogP contribution in [-0.2, 0) is 0 Å². The van der Waals surface area contributed by atoms with Crippen molar-refractivity contribution in [1.29, 1.82) is 0 Å². The lowest BCUT2D eigenvalue weighted by atomic mass is 10.1. The highest BCUT2D eigenvalue weighted by molar-refractivity contribution is 5.79. The Morgan fingerprint density at radius 1 is 1.00 bits per heavy atom. The highest BCUT2D eigenvalue weighted by Crippen LogP contribution is 2.26. The van der Waals surface area contributed by atoms with E-state index in [-0.39, 0.29) is 0 Å². The molecule has 2 heterocycles. The second kappa shape index (κ2) is 9.67. The smallest absolute Gasteiger partial charge is 0.140 e. The molecule has 4 rings (SSSR count). The minimum atomic E-state index is 0.451. The number of benzene rings is 2. The van der Waals surface area contributed by atoms with Crippen molar-refractivity contribution in [3.63, 3.8) is 0 Å². The summed E-state index contributed by atoms with van der Waals surface area (Å²) < 4.78 is 17.2. The Morgan fingerprint density at radius 3 is 2.50 bits per heavy atom. The lowest BCUT2D eigenvalue weighted by Gasteiger charge is -2.26. The topological polar surface area (TPSA) is 67.4 Å². The Labute approximate surface area is 176 Å².